The molecule has 1 rings (SSSR count). The van der Waals surface area contributed by atoms with Gasteiger partial charge in [-0.25, -0.2) is 0 Å². The predicted molar refractivity (Wildman–Crippen MR) is 77.2 cm³/mol. The lowest BCUT2D eigenvalue weighted by Crippen LogP contribution is -2.44. The van der Waals surface area contributed by atoms with Crippen LogP contribution in [0, 0.1) is 5.92 Å². The van der Waals surface area contributed by atoms with Crippen LogP contribution in [0.2, 0.25) is 0 Å². The van der Waals surface area contributed by atoms with Crippen LogP contribution in [0.1, 0.15) is 50.5 Å². The Morgan fingerprint density at radius 3 is 2.05 bits per heavy atom. The fraction of sp³-hybridized carbons (Fsp3) is 0.500. The summed E-state index contributed by atoms with van der Waals surface area (Å²) >= 11 is 0. The van der Waals surface area contributed by atoms with E-state index in [1.807, 2.05) is 32.9 Å². The summed E-state index contributed by atoms with van der Waals surface area (Å²) in [6, 6.07) is 7.28. The van der Waals surface area contributed by atoms with Gasteiger partial charge in [-0.15, -0.1) is 0 Å². The van der Waals surface area contributed by atoms with Crippen molar-refractivity contribution in [2.75, 3.05) is 0 Å². The normalized spacial score (nSPS) is 11.5. The Balaban J connectivity index is 2.75. The lowest BCUT2D eigenvalue weighted by molar-refractivity contribution is -0.118. The zero-order valence-electron chi connectivity index (χ0n) is 12.4. The lowest BCUT2D eigenvalue weighted by atomic mass is 10.00. The topological polar surface area (TPSA) is 46.2 Å². The molecule has 1 amide bonds. The van der Waals surface area contributed by atoms with Crippen LogP contribution in [0.5, 0.6) is 0 Å². The van der Waals surface area contributed by atoms with Crippen molar-refractivity contribution in [3.05, 3.63) is 35.4 Å². The SMILES string of the molecule is CC(C)Cc1ccc(C(=O)C(=O)NC(C)(C)C)cc1. The molecule has 0 saturated heterocycles. The fourth-order valence-corrected chi connectivity index (χ4v) is 1.79. The van der Waals surface area contributed by atoms with Crippen molar-refractivity contribution in [2.45, 2.75) is 46.6 Å². The van der Waals surface area contributed by atoms with Crippen LogP contribution in [-0.4, -0.2) is 17.2 Å². The minimum absolute atomic E-state index is 0.398. The molecular formula is C16H23NO2. The molecule has 0 spiro atoms. The van der Waals surface area contributed by atoms with Crippen LogP contribution in [0.3, 0.4) is 0 Å². The van der Waals surface area contributed by atoms with Crippen molar-refractivity contribution < 1.29 is 9.59 Å². The van der Waals surface area contributed by atoms with Crippen molar-refractivity contribution in [1.29, 1.82) is 0 Å². The van der Waals surface area contributed by atoms with Gasteiger partial charge in [-0.1, -0.05) is 38.1 Å². The van der Waals surface area contributed by atoms with Crippen molar-refractivity contribution in [2.24, 2.45) is 5.92 Å². The average Bonchev–Trinajstić information content (AvgIpc) is 2.26. The molecule has 0 saturated carbocycles. The average molecular weight is 261 g/mol. The molecule has 0 aliphatic carbocycles. The van der Waals surface area contributed by atoms with E-state index >= 15 is 0 Å². The minimum atomic E-state index is -0.552. The third kappa shape index (κ3) is 5.25. The molecule has 0 aromatic heterocycles. The van der Waals surface area contributed by atoms with Gasteiger partial charge in [0.15, 0.2) is 0 Å². The van der Waals surface area contributed by atoms with Crippen LogP contribution in [0.25, 0.3) is 0 Å². The second kappa shape index (κ2) is 6.00. The second-order valence-electron chi connectivity index (χ2n) is 6.33. The fourth-order valence-electron chi connectivity index (χ4n) is 1.79. The Kier molecular flexibility index (Phi) is 4.87. The monoisotopic (exact) mass is 261 g/mol. The number of hydrogen-bond donors (Lipinski definition) is 1. The van der Waals surface area contributed by atoms with Gasteiger partial charge in [-0.2, -0.15) is 0 Å². The highest BCUT2D eigenvalue weighted by Crippen LogP contribution is 2.11. The summed E-state index contributed by atoms with van der Waals surface area (Å²) < 4.78 is 0. The number of hydrogen-bond acceptors (Lipinski definition) is 2. The number of amides is 1. The van der Waals surface area contributed by atoms with E-state index in [1.165, 1.54) is 5.56 Å². The van der Waals surface area contributed by atoms with Crippen LogP contribution in [-0.2, 0) is 11.2 Å². The van der Waals surface area contributed by atoms with Crippen LogP contribution < -0.4 is 5.32 Å². The molecule has 0 unspecified atom stereocenters. The number of benzene rings is 1. The van der Waals surface area contributed by atoms with Gasteiger partial charge >= 0.3 is 0 Å². The first kappa shape index (κ1) is 15.4. The van der Waals surface area contributed by atoms with E-state index in [0.29, 0.717) is 11.5 Å². The number of nitrogens with one attached hydrogen (secondary N) is 1. The Bertz CT molecular complexity index is 453. The quantitative estimate of drug-likeness (QED) is 0.669. The van der Waals surface area contributed by atoms with Gasteiger partial charge in [-0.05, 0) is 38.7 Å². The van der Waals surface area contributed by atoms with Crippen molar-refractivity contribution in [1.82, 2.24) is 5.32 Å². The maximum Gasteiger partial charge on any atom is 0.292 e. The zero-order chi connectivity index (χ0) is 14.6. The van der Waals surface area contributed by atoms with E-state index < -0.39 is 17.2 Å². The highest BCUT2D eigenvalue weighted by atomic mass is 16.2. The predicted octanol–water partition coefficient (Wildman–Crippen LogP) is 2.98. The number of Topliss-reactive ketones (excluding diaryl/α,β-unsaturated/α-hetero) is 1. The molecule has 1 aromatic rings. The minimum Gasteiger partial charge on any atom is -0.345 e. The summed E-state index contributed by atoms with van der Waals surface area (Å²) in [5.74, 6) is -0.458. The first-order valence-corrected chi connectivity index (χ1v) is 6.65. The number of carbonyl (C=O) groups excluding carboxylic acids is 2. The highest BCUT2D eigenvalue weighted by Gasteiger charge is 2.21. The molecule has 0 bridgehead atoms. The summed E-state index contributed by atoms with van der Waals surface area (Å²) in [5, 5.41) is 2.68. The van der Waals surface area contributed by atoms with Gasteiger partial charge < -0.3 is 5.32 Å². The molecule has 19 heavy (non-hydrogen) atoms. The van der Waals surface area contributed by atoms with Gasteiger partial charge in [-0.3, -0.25) is 9.59 Å². The van der Waals surface area contributed by atoms with Gasteiger partial charge in [0, 0.05) is 11.1 Å². The first-order chi connectivity index (χ1) is 8.69. The summed E-state index contributed by atoms with van der Waals surface area (Å²) in [5.41, 5.74) is 1.22. The Morgan fingerprint density at radius 1 is 1.11 bits per heavy atom. The number of ketones is 1. The third-order valence-electron chi connectivity index (χ3n) is 2.55. The molecule has 0 aliphatic heterocycles. The smallest absolute Gasteiger partial charge is 0.292 e. The van der Waals surface area contributed by atoms with Crippen LogP contribution in [0.15, 0.2) is 24.3 Å². The van der Waals surface area contributed by atoms with E-state index in [-0.39, 0.29) is 0 Å². The van der Waals surface area contributed by atoms with Crippen molar-refractivity contribution >= 4 is 11.7 Å². The largest absolute Gasteiger partial charge is 0.345 e. The molecule has 1 N–H and O–H groups in total. The van der Waals surface area contributed by atoms with Gasteiger partial charge in [0.25, 0.3) is 5.91 Å². The summed E-state index contributed by atoms with van der Waals surface area (Å²) in [6.45, 7) is 9.85. The van der Waals surface area contributed by atoms with Crippen LogP contribution >= 0.6 is 0 Å². The summed E-state index contributed by atoms with van der Waals surface area (Å²) in [4.78, 5) is 23.7. The lowest BCUT2D eigenvalue weighted by Gasteiger charge is -2.19. The van der Waals surface area contributed by atoms with E-state index in [1.54, 1.807) is 12.1 Å². The molecule has 3 nitrogen and oxygen atoms in total. The highest BCUT2D eigenvalue weighted by molar-refractivity contribution is 6.42. The van der Waals surface area contributed by atoms with Crippen LogP contribution in [0.4, 0.5) is 0 Å². The molecular weight excluding hydrogens is 238 g/mol. The summed E-state index contributed by atoms with van der Waals surface area (Å²) in [7, 11) is 0. The molecule has 3 heteroatoms. The molecule has 104 valence electrons. The van der Waals surface area contributed by atoms with E-state index in [4.69, 9.17) is 0 Å². The second-order valence-corrected chi connectivity index (χ2v) is 6.33. The molecule has 0 aliphatic rings. The van der Waals surface area contributed by atoms with Gasteiger partial charge in [0.1, 0.15) is 0 Å². The Hall–Kier alpha value is -1.64. The zero-order valence-corrected chi connectivity index (χ0v) is 12.4. The first-order valence-electron chi connectivity index (χ1n) is 6.65. The molecule has 0 atom stereocenters. The van der Waals surface area contributed by atoms with E-state index in [0.717, 1.165) is 6.42 Å². The number of rotatable bonds is 4. The Morgan fingerprint density at radius 2 is 1.63 bits per heavy atom. The van der Waals surface area contributed by atoms with Gasteiger partial charge in [0.05, 0.1) is 0 Å². The van der Waals surface area contributed by atoms with Crippen molar-refractivity contribution in [3.63, 3.8) is 0 Å². The maximum absolute atomic E-state index is 11.9. The standard InChI is InChI=1S/C16H23NO2/c1-11(2)10-12-6-8-13(9-7-12)14(18)15(19)17-16(3,4)5/h6-9,11H,10H2,1-5H3,(H,17,19). The molecule has 1 aromatic carbocycles. The van der Waals surface area contributed by atoms with Gasteiger partial charge in [0.2, 0.25) is 5.78 Å². The maximum atomic E-state index is 11.9. The van der Waals surface area contributed by atoms with Crippen molar-refractivity contribution in [3.8, 4) is 0 Å². The van der Waals surface area contributed by atoms with E-state index in [2.05, 4.69) is 19.2 Å². The molecule has 0 heterocycles. The molecule has 0 fully saturated rings. The van der Waals surface area contributed by atoms with E-state index in [9.17, 15) is 9.59 Å². The number of carbonyl (C=O) groups is 2. The molecule has 0 radical (unpaired) electrons. The third-order valence-corrected chi connectivity index (χ3v) is 2.55. The Labute approximate surface area is 115 Å². The summed E-state index contributed by atoms with van der Waals surface area (Å²) in [6.07, 6.45) is 0.975.